The second-order valence-corrected chi connectivity index (χ2v) is 7.05. The van der Waals surface area contributed by atoms with Crippen molar-refractivity contribution in [3.8, 4) is 0 Å². The van der Waals surface area contributed by atoms with Gasteiger partial charge in [0.1, 0.15) is 0 Å². The Hall–Kier alpha value is -1.06. The summed E-state index contributed by atoms with van der Waals surface area (Å²) in [6.07, 6.45) is 1.37. The Morgan fingerprint density at radius 2 is 1.81 bits per heavy atom. The van der Waals surface area contributed by atoms with E-state index >= 15 is 0 Å². The number of nitrogens with one attached hydrogen (secondary N) is 1. The lowest BCUT2D eigenvalue weighted by Crippen LogP contribution is -2.43. The predicted molar refractivity (Wildman–Crippen MR) is 89.7 cm³/mol. The topological polar surface area (TPSA) is 18.5 Å². The molecule has 0 spiro atoms. The van der Waals surface area contributed by atoms with Crippen molar-refractivity contribution in [1.29, 1.82) is 0 Å². The highest BCUT2D eigenvalue weighted by Crippen LogP contribution is 2.27. The standard InChI is InChI=1S/C18H29N3/c1-15-10-16(2)13-21(12-15)18-5-3-4-17(11-18)14-20-8-6-19-7-9-20/h3-5,11,15-16,19H,6-10,12-14H2,1-2H3. The van der Waals surface area contributed by atoms with Crippen molar-refractivity contribution in [2.75, 3.05) is 44.2 Å². The molecule has 0 amide bonds. The third kappa shape index (κ3) is 3.98. The largest absolute Gasteiger partial charge is 0.371 e. The van der Waals surface area contributed by atoms with Crippen LogP contribution in [0.3, 0.4) is 0 Å². The molecular weight excluding hydrogens is 258 g/mol. The molecule has 0 radical (unpaired) electrons. The van der Waals surface area contributed by atoms with Crippen molar-refractivity contribution in [3.63, 3.8) is 0 Å². The van der Waals surface area contributed by atoms with Crippen molar-refractivity contribution in [1.82, 2.24) is 10.2 Å². The lowest BCUT2D eigenvalue weighted by Gasteiger charge is -2.37. The first-order valence-corrected chi connectivity index (χ1v) is 8.47. The van der Waals surface area contributed by atoms with Crippen LogP contribution >= 0.6 is 0 Å². The first-order valence-electron chi connectivity index (χ1n) is 8.47. The zero-order valence-corrected chi connectivity index (χ0v) is 13.5. The van der Waals surface area contributed by atoms with Gasteiger partial charge in [0, 0.05) is 51.5 Å². The van der Waals surface area contributed by atoms with Gasteiger partial charge in [0.15, 0.2) is 0 Å². The minimum Gasteiger partial charge on any atom is -0.371 e. The Bertz CT molecular complexity index is 444. The highest BCUT2D eigenvalue weighted by molar-refractivity contribution is 5.49. The van der Waals surface area contributed by atoms with Crippen LogP contribution in [0.1, 0.15) is 25.8 Å². The maximum Gasteiger partial charge on any atom is 0.0369 e. The summed E-state index contributed by atoms with van der Waals surface area (Å²) in [6.45, 7) is 12.9. The van der Waals surface area contributed by atoms with E-state index < -0.39 is 0 Å². The van der Waals surface area contributed by atoms with Crippen LogP contribution in [0.5, 0.6) is 0 Å². The molecule has 21 heavy (non-hydrogen) atoms. The second kappa shape index (κ2) is 6.80. The van der Waals surface area contributed by atoms with Gasteiger partial charge in [0.05, 0.1) is 0 Å². The summed E-state index contributed by atoms with van der Waals surface area (Å²) in [6, 6.07) is 9.21. The zero-order valence-electron chi connectivity index (χ0n) is 13.5. The number of anilines is 1. The van der Waals surface area contributed by atoms with E-state index in [1.54, 1.807) is 0 Å². The van der Waals surface area contributed by atoms with Gasteiger partial charge in [-0.05, 0) is 36.0 Å². The molecule has 2 heterocycles. The van der Waals surface area contributed by atoms with Crippen LogP contribution in [0.2, 0.25) is 0 Å². The van der Waals surface area contributed by atoms with E-state index in [2.05, 4.69) is 53.2 Å². The summed E-state index contributed by atoms with van der Waals surface area (Å²) in [5, 5.41) is 3.42. The summed E-state index contributed by atoms with van der Waals surface area (Å²) in [5.74, 6) is 1.62. The molecule has 0 aromatic heterocycles. The maximum absolute atomic E-state index is 3.42. The third-order valence-electron chi connectivity index (χ3n) is 4.76. The van der Waals surface area contributed by atoms with Gasteiger partial charge in [-0.15, -0.1) is 0 Å². The minimum atomic E-state index is 0.811. The van der Waals surface area contributed by atoms with E-state index in [9.17, 15) is 0 Å². The lowest BCUT2D eigenvalue weighted by atomic mass is 9.91. The fourth-order valence-electron chi connectivity index (χ4n) is 3.85. The van der Waals surface area contributed by atoms with E-state index in [-0.39, 0.29) is 0 Å². The van der Waals surface area contributed by atoms with E-state index in [1.165, 1.54) is 43.9 Å². The Kier molecular flexibility index (Phi) is 4.81. The Morgan fingerprint density at radius 1 is 1.10 bits per heavy atom. The van der Waals surface area contributed by atoms with Crippen LogP contribution in [0.15, 0.2) is 24.3 Å². The van der Waals surface area contributed by atoms with Crippen molar-refractivity contribution >= 4 is 5.69 Å². The van der Waals surface area contributed by atoms with E-state index in [0.717, 1.165) is 31.5 Å². The quantitative estimate of drug-likeness (QED) is 0.922. The van der Waals surface area contributed by atoms with Gasteiger partial charge in [0.25, 0.3) is 0 Å². The minimum absolute atomic E-state index is 0.811. The number of rotatable bonds is 3. The summed E-state index contributed by atoms with van der Waals surface area (Å²) in [4.78, 5) is 5.14. The van der Waals surface area contributed by atoms with E-state index in [1.807, 2.05) is 0 Å². The first kappa shape index (κ1) is 14.9. The monoisotopic (exact) mass is 287 g/mol. The Balaban J connectivity index is 1.67. The molecule has 2 saturated heterocycles. The number of hydrogen-bond acceptors (Lipinski definition) is 3. The van der Waals surface area contributed by atoms with Crippen LogP contribution in [0.4, 0.5) is 5.69 Å². The number of benzene rings is 1. The van der Waals surface area contributed by atoms with Crippen LogP contribution in [-0.2, 0) is 6.54 Å². The van der Waals surface area contributed by atoms with Crippen molar-refractivity contribution in [3.05, 3.63) is 29.8 Å². The van der Waals surface area contributed by atoms with Crippen LogP contribution < -0.4 is 10.2 Å². The summed E-state index contributed by atoms with van der Waals surface area (Å²) in [7, 11) is 0. The predicted octanol–water partition coefficient (Wildman–Crippen LogP) is 2.57. The smallest absolute Gasteiger partial charge is 0.0369 e. The normalized spacial score (nSPS) is 27.8. The molecule has 2 aliphatic heterocycles. The molecule has 1 aromatic rings. The fraction of sp³-hybridized carbons (Fsp3) is 0.667. The van der Waals surface area contributed by atoms with Gasteiger partial charge in [-0.3, -0.25) is 4.90 Å². The van der Waals surface area contributed by atoms with Crippen molar-refractivity contribution in [2.24, 2.45) is 11.8 Å². The molecule has 2 fully saturated rings. The molecule has 2 aliphatic rings. The van der Waals surface area contributed by atoms with Crippen molar-refractivity contribution < 1.29 is 0 Å². The summed E-state index contributed by atoms with van der Waals surface area (Å²) >= 11 is 0. The molecule has 116 valence electrons. The van der Waals surface area contributed by atoms with E-state index in [4.69, 9.17) is 0 Å². The lowest BCUT2D eigenvalue weighted by molar-refractivity contribution is 0.233. The van der Waals surface area contributed by atoms with Crippen LogP contribution in [0, 0.1) is 11.8 Å². The number of hydrogen-bond donors (Lipinski definition) is 1. The molecule has 1 aromatic carbocycles. The van der Waals surface area contributed by atoms with Crippen molar-refractivity contribution in [2.45, 2.75) is 26.8 Å². The second-order valence-electron chi connectivity index (χ2n) is 7.05. The molecule has 2 atom stereocenters. The Morgan fingerprint density at radius 3 is 2.52 bits per heavy atom. The fourth-order valence-corrected chi connectivity index (χ4v) is 3.85. The molecule has 3 rings (SSSR count). The molecule has 1 N–H and O–H groups in total. The highest BCUT2D eigenvalue weighted by Gasteiger charge is 2.22. The summed E-state index contributed by atoms with van der Waals surface area (Å²) < 4.78 is 0. The maximum atomic E-state index is 3.42. The molecule has 3 heteroatoms. The average molecular weight is 287 g/mol. The number of nitrogens with zero attached hydrogens (tertiary/aromatic N) is 2. The average Bonchev–Trinajstić information content (AvgIpc) is 2.47. The summed E-state index contributed by atoms with van der Waals surface area (Å²) in [5.41, 5.74) is 2.88. The molecule has 3 nitrogen and oxygen atoms in total. The molecule has 2 unspecified atom stereocenters. The van der Waals surface area contributed by atoms with Gasteiger partial charge >= 0.3 is 0 Å². The number of piperidine rings is 1. The van der Waals surface area contributed by atoms with Gasteiger partial charge < -0.3 is 10.2 Å². The Labute approximate surface area is 129 Å². The van der Waals surface area contributed by atoms with Gasteiger partial charge in [-0.2, -0.15) is 0 Å². The number of piperazine rings is 1. The van der Waals surface area contributed by atoms with Gasteiger partial charge in [0.2, 0.25) is 0 Å². The van der Waals surface area contributed by atoms with Gasteiger partial charge in [-0.25, -0.2) is 0 Å². The molecule has 0 bridgehead atoms. The van der Waals surface area contributed by atoms with Crippen LogP contribution in [0.25, 0.3) is 0 Å². The van der Waals surface area contributed by atoms with Crippen LogP contribution in [-0.4, -0.2) is 44.2 Å². The molecular formula is C18H29N3. The third-order valence-corrected chi connectivity index (χ3v) is 4.76. The molecule has 0 saturated carbocycles. The van der Waals surface area contributed by atoms with Gasteiger partial charge in [-0.1, -0.05) is 26.0 Å². The molecule has 0 aliphatic carbocycles. The van der Waals surface area contributed by atoms with E-state index in [0.29, 0.717) is 0 Å². The highest BCUT2D eigenvalue weighted by atomic mass is 15.2. The zero-order chi connectivity index (χ0) is 14.7. The first-order chi connectivity index (χ1) is 10.2. The SMILES string of the molecule is CC1CC(C)CN(c2cccc(CN3CCNCC3)c2)C1.